The van der Waals surface area contributed by atoms with Crippen LogP contribution in [0.15, 0.2) is 18.2 Å². The van der Waals surface area contributed by atoms with Gasteiger partial charge >= 0.3 is 6.47 Å². The van der Waals surface area contributed by atoms with Gasteiger partial charge in [-0.25, -0.2) is 4.79 Å². The van der Waals surface area contributed by atoms with Crippen molar-refractivity contribution in [2.45, 2.75) is 0 Å². The summed E-state index contributed by atoms with van der Waals surface area (Å²) >= 11 is 2.05. The lowest BCUT2D eigenvalue weighted by atomic mass is 10.3. The molecule has 0 aliphatic carbocycles. The maximum Gasteiger partial charge on any atom is 0.423 e. The van der Waals surface area contributed by atoms with E-state index in [1.165, 1.54) is 6.47 Å². The number of hydrogen-bond acceptors (Lipinski definition) is 2. The zero-order valence-electron chi connectivity index (χ0n) is 4.93. The molecule has 0 heterocycles. The Balaban J connectivity index is 2.91. The molecule has 0 saturated heterocycles. The number of hydrogen-bond donors (Lipinski definition) is 0. The molecule has 50 valence electrons. The van der Waals surface area contributed by atoms with Gasteiger partial charge in [0.15, 0.2) is 0 Å². The Hall–Kier alpha value is -0.580. The first-order chi connectivity index (χ1) is 4.84. The minimum atomic E-state index is 0.523. The van der Waals surface area contributed by atoms with Crippen LogP contribution >= 0.6 is 22.6 Å². The lowest BCUT2D eigenvalue weighted by Crippen LogP contribution is -1.89. The third kappa shape index (κ3) is 1.70. The molecule has 1 aromatic carbocycles. The molecule has 0 bridgehead atoms. The van der Waals surface area contributed by atoms with E-state index >= 15 is 0 Å². The standard InChI is InChI=1S/C7H3IO2/c8-6-3-1-2-4-7(6)10-5-9/h2-4H. The molecular weight excluding hydrogens is 243 g/mol. The Kier molecular flexibility index (Phi) is 2.68. The summed E-state index contributed by atoms with van der Waals surface area (Å²) in [4.78, 5) is 9.77. The van der Waals surface area contributed by atoms with Crippen LogP contribution in [0.25, 0.3) is 0 Å². The number of rotatable bonds is 2. The van der Waals surface area contributed by atoms with Crippen LogP contribution in [0.5, 0.6) is 5.75 Å². The van der Waals surface area contributed by atoms with Crippen molar-refractivity contribution in [3.8, 4) is 5.75 Å². The molecule has 0 fully saturated rings. The summed E-state index contributed by atoms with van der Waals surface area (Å²) < 4.78 is 5.35. The van der Waals surface area contributed by atoms with Crippen molar-refractivity contribution < 1.29 is 9.53 Å². The topological polar surface area (TPSA) is 26.3 Å². The van der Waals surface area contributed by atoms with Crippen LogP contribution in [0.3, 0.4) is 0 Å². The van der Waals surface area contributed by atoms with E-state index in [0.717, 1.165) is 3.57 Å². The second kappa shape index (κ2) is 3.55. The lowest BCUT2D eigenvalue weighted by molar-refractivity contribution is 0.441. The Morgan fingerprint density at radius 2 is 2.50 bits per heavy atom. The van der Waals surface area contributed by atoms with Crippen molar-refractivity contribution in [2.24, 2.45) is 0 Å². The second-order valence-electron chi connectivity index (χ2n) is 1.54. The van der Waals surface area contributed by atoms with Crippen molar-refractivity contribution in [1.29, 1.82) is 0 Å². The molecule has 0 unspecified atom stereocenters. The molecule has 0 amide bonds. The van der Waals surface area contributed by atoms with Crippen LogP contribution in [0.2, 0.25) is 0 Å². The average Bonchev–Trinajstić information content (AvgIpc) is 1.94. The number of halogens is 1. The van der Waals surface area contributed by atoms with Gasteiger partial charge in [-0.2, -0.15) is 0 Å². The van der Waals surface area contributed by atoms with Crippen LogP contribution in [0.1, 0.15) is 0 Å². The van der Waals surface area contributed by atoms with E-state index in [1.807, 2.05) is 22.6 Å². The Labute approximate surface area is 72.3 Å². The predicted octanol–water partition coefficient (Wildman–Crippen LogP) is 1.54. The number of ether oxygens (including phenoxy) is 1. The van der Waals surface area contributed by atoms with Gasteiger partial charge in [-0.15, -0.1) is 0 Å². The SMILES string of the molecule is O=[C]Oc1cc[c]cc1I. The van der Waals surface area contributed by atoms with Crippen molar-refractivity contribution >= 4 is 29.1 Å². The Morgan fingerprint density at radius 3 is 3.10 bits per heavy atom. The highest BCUT2D eigenvalue weighted by atomic mass is 127. The summed E-state index contributed by atoms with van der Waals surface area (Å²) in [5.74, 6) is 0.523. The van der Waals surface area contributed by atoms with Crippen molar-refractivity contribution in [2.75, 3.05) is 0 Å². The molecule has 0 atom stereocenters. The Morgan fingerprint density at radius 1 is 1.70 bits per heavy atom. The molecule has 0 aromatic heterocycles. The maximum atomic E-state index is 9.77. The molecule has 2 radical (unpaired) electrons. The van der Waals surface area contributed by atoms with Gasteiger partial charge in [0, 0.05) is 0 Å². The van der Waals surface area contributed by atoms with Gasteiger partial charge in [0.2, 0.25) is 0 Å². The minimum absolute atomic E-state index is 0.523. The third-order valence-electron chi connectivity index (χ3n) is 0.928. The molecule has 0 N–H and O–H groups in total. The van der Waals surface area contributed by atoms with Gasteiger partial charge in [-0.3, -0.25) is 0 Å². The molecular formula is C7H3IO2. The summed E-state index contributed by atoms with van der Waals surface area (Å²) in [7, 11) is 0. The summed E-state index contributed by atoms with van der Waals surface area (Å²) in [5, 5.41) is 0. The molecule has 0 spiro atoms. The van der Waals surface area contributed by atoms with Crippen molar-refractivity contribution in [3.05, 3.63) is 27.8 Å². The molecule has 2 nitrogen and oxygen atoms in total. The van der Waals surface area contributed by atoms with Crippen molar-refractivity contribution in [1.82, 2.24) is 0 Å². The van der Waals surface area contributed by atoms with Gasteiger partial charge in [0.1, 0.15) is 5.75 Å². The summed E-state index contributed by atoms with van der Waals surface area (Å²) in [6.45, 7) is 1.36. The van der Waals surface area contributed by atoms with Gasteiger partial charge in [-0.1, -0.05) is 6.07 Å². The predicted molar refractivity (Wildman–Crippen MR) is 44.3 cm³/mol. The number of benzene rings is 1. The highest BCUT2D eigenvalue weighted by Crippen LogP contribution is 2.18. The molecule has 3 heteroatoms. The fourth-order valence-corrected chi connectivity index (χ4v) is 0.993. The lowest BCUT2D eigenvalue weighted by Gasteiger charge is -1.96. The first kappa shape index (κ1) is 7.53. The molecule has 1 aromatic rings. The Bertz CT molecular complexity index is 235. The van der Waals surface area contributed by atoms with E-state index in [-0.39, 0.29) is 0 Å². The zero-order chi connectivity index (χ0) is 7.40. The maximum absolute atomic E-state index is 9.77. The van der Waals surface area contributed by atoms with E-state index in [4.69, 9.17) is 0 Å². The summed E-state index contributed by atoms with van der Waals surface area (Å²) in [6.07, 6.45) is 0. The monoisotopic (exact) mass is 246 g/mol. The van der Waals surface area contributed by atoms with Gasteiger partial charge in [-0.05, 0) is 40.8 Å². The largest absolute Gasteiger partial charge is 0.423 e. The third-order valence-corrected chi connectivity index (χ3v) is 1.77. The van der Waals surface area contributed by atoms with E-state index in [9.17, 15) is 4.79 Å². The molecule has 0 aliphatic heterocycles. The number of carbonyl (C=O) groups excluding carboxylic acids is 1. The van der Waals surface area contributed by atoms with Crippen LogP contribution in [0.4, 0.5) is 0 Å². The van der Waals surface area contributed by atoms with Gasteiger partial charge < -0.3 is 4.74 Å². The highest BCUT2D eigenvalue weighted by Gasteiger charge is 1.96. The quantitative estimate of drug-likeness (QED) is 0.740. The minimum Gasteiger partial charge on any atom is -0.417 e. The fourth-order valence-electron chi connectivity index (χ4n) is 0.523. The average molecular weight is 246 g/mol. The smallest absolute Gasteiger partial charge is 0.417 e. The van der Waals surface area contributed by atoms with E-state index in [2.05, 4.69) is 10.8 Å². The van der Waals surface area contributed by atoms with Gasteiger partial charge in [0.05, 0.1) is 3.57 Å². The second-order valence-corrected chi connectivity index (χ2v) is 2.70. The van der Waals surface area contributed by atoms with Crippen LogP contribution in [-0.2, 0) is 4.79 Å². The van der Waals surface area contributed by atoms with E-state index in [0.29, 0.717) is 5.75 Å². The zero-order valence-corrected chi connectivity index (χ0v) is 7.08. The highest BCUT2D eigenvalue weighted by molar-refractivity contribution is 14.1. The fraction of sp³-hybridized carbons (Fsp3) is 0. The molecule has 10 heavy (non-hydrogen) atoms. The van der Waals surface area contributed by atoms with Crippen LogP contribution in [-0.4, -0.2) is 6.47 Å². The molecule has 0 saturated carbocycles. The summed E-state index contributed by atoms with van der Waals surface area (Å²) in [6, 6.07) is 7.91. The van der Waals surface area contributed by atoms with E-state index < -0.39 is 0 Å². The van der Waals surface area contributed by atoms with Crippen LogP contribution < -0.4 is 4.74 Å². The van der Waals surface area contributed by atoms with Crippen LogP contribution in [0, 0.1) is 9.64 Å². The van der Waals surface area contributed by atoms with Crippen molar-refractivity contribution in [3.63, 3.8) is 0 Å². The first-order valence-electron chi connectivity index (χ1n) is 2.54. The molecule has 1 rings (SSSR count). The van der Waals surface area contributed by atoms with Gasteiger partial charge in [0.25, 0.3) is 0 Å². The molecule has 0 aliphatic rings. The normalized spacial score (nSPS) is 8.90. The first-order valence-corrected chi connectivity index (χ1v) is 3.62. The van der Waals surface area contributed by atoms with E-state index in [1.54, 1.807) is 18.2 Å². The summed E-state index contributed by atoms with van der Waals surface area (Å²) in [5.41, 5.74) is 0.